The summed E-state index contributed by atoms with van der Waals surface area (Å²) < 4.78 is 0. The van der Waals surface area contributed by atoms with Crippen LogP contribution >= 0.6 is 11.6 Å². The van der Waals surface area contributed by atoms with Crippen LogP contribution in [0.3, 0.4) is 0 Å². The summed E-state index contributed by atoms with van der Waals surface area (Å²) in [6, 6.07) is 16.5. The van der Waals surface area contributed by atoms with Gasteiger partial charge in [-0.2, -0.15) is 5.26 Å². The first-order valence-electron chi connectivity index (χ1n) is 13.9. The molecule has 0 radical (unpaired) electrons. The number of Topliss-reactive ketones (excluding diaryl/α,β-unsaturated/α-hetero) is 1. The number of ketones is 1. The van der Waals surface area contributed by atoms with Gasteiger partial charge < -0.3 is 14.7 Å². The average molecular weight is 531 g/mol. The van der Waals surface area contributed by atoms with Crippen LogP contribution in [0.2, 0.25) is 5.02 Å². The molecular formula is C31H35ClN4O2. The lowest BCUT2D eigenvalue weighted by molar-refractivity contribution is -0.135. The number of anilines is 2. The number of rotatable bonds is 3. The van der Waals surface area contributed by atoms with Crippen LogP contribution < -0.4 is 9.80 Å². The molecule has 4 fully saturated rings. The number of amides is 1. The molecule has 1 saturated carbocycles. The molecule has 6 rings (SSSR count). The van der Waals surface area contributed by atoms with E-state index in [4.69, 9.17) is 11.6 Å². The first kappa shape index (κ1) is 25.2. The lowest BCUT2D eigenvalue weighted by Crippen LogP contribution is -2.49. The van der Waals surface area contributed by atoms with Crippen molar-refractivity contribution in [2.45, 2.75) is 57.9 Å². The second-order valence-electron chi connectivity index (χ2n) is 12.2. The van der Waals surface area contributed by atoms with E-state index in [-0.39, 0.29) is 11.3 Å². The zero-order valence-corrected chi connectivity index (χ0v) is 22.8. The minimum Gasteiger partial charge on any atom is -0.371 e. The number of hydrogen-bond donors (Lipinski definition) is 0. The second-order valence-corrected chi connectivity index (χ2v) is 12.6. The van der Waals surface area contributed by atoms with E-state index in [2.05, 4.69) is 34.9 Å². The lowest BCUT2D eigenvalue weighted by atomic mass is 9.62. The molecule has 2 aromatic rings. The number of hydrogen-bond acceptors (Lipinski definition) is 5. The Labute approximate surface area is 230 Å². The smallest absolute Gasteiger partial charge is 0.253 e. The molecule has 1 amide bonds. The maximum atomic E-state index is 13.1. The number of benzene rings is 2. The van der Waals surface area contributed by atoms with E-state index < -0.39 is 0 Å². The van der Waals surface area contributed by atoms with E-state index in [1.54, 1.807) is 0 Å². The van der Waals surface area contributed by atoms with Gasteiger partial charge >= 0.3 is 0 Å². The Balaban J connectivity index is 1.05. The first-order chi connectivity index (χ1) is 18.3. The van der Waals surface area contributed by atoms with Crippen LogP contribution in [0.4, 0.5) is 11.4 Å². The lowest BCUT2D eigenvalue weighted by Gasteiger charge is -2.46. The number of halogens is 1. The highest BCUT2D eigenvalue weighted by molar-refractivity contribution is 6.32. The number of carbonyl (C=O) groups is 2. The highest BCUT2D eigenvalue weighted by atomic mass is 35.5. The van der Waals surface area contributed by atoms with Crippen LogP contribution in [-0.2, 0) is 4.79 Å². The van der Waals surface area contributed by atoms with Crippen molar-refractivity contribution < 1.29 is 9.59 Å². The molecule has 4 aliphatic rings. The first-order valence-corrected chi connectivity index (χ1v) is 14.3. The van der Waals surface area contributed by atoms with Gasteiger partial charge in [0.1, 0.15) is 11.9 Å². The van der Waals surface area contributed by atoms with E-state index in [9.17, 15) is 14.9 Å². The largest absolute Gasteiger partial charge is 0.371 e. The number of nitriles is 1. The van der Waals surface area contributed by atoms with Crippen molar-refractivity contribution in [3.63, 3.8) is 0 Å². The Kier molecular flexibility index (Phi) is 6.39. The molecule has 2 spiro atoms. The molecule has 3 heterocycles. The van der Waals surface area contributed by atoms with Crippen molar-refractivity contribution in [2.24, 2.45) is 10.8 Å². The fraction of sp³-hybridized carbons (Fsp3) is 0.516. The zero-order valence-electron chi connectivity index (χ0n) is 22.1. The van der Waals surface area contributed by atoms with Gasteiger partial charge in [-0.05, 0) is 92.3 Å². The molecule has 0 unspecified atom stereocenters. The normalized spacial score (nSPS) is 24.0. The predicted molar refractivity (Wildman–Crippen MR) is 150 cm³/mol. The average Bonchev–Trinajstić information content (AvgIpc) is 3.23. The summed E-state index contributed by atoms with van der Waals surface area (Å²) in [5, 5.41) is 9.72. The highest BCUT2D eigenvalue weighted by Crippen LogP contribution is 2.47. The molecular weight excluding hydrogens is 496 g/mol. The van der Waals surface area contributed by atoms with Gasteiger partial charge in [-0.25, -0.2) is 0 Å². The van der Waals surface area contributed by atoms with E-state index in [0.717, 1.165) is 76.1 Å². The van der Waals surface area contributed by atoms with E-state index in [0.29, 0.717) is 40.7 Å². The van der Waals surface area contributed by atoms with Gasteiger partial charge in [-0.3, -0.25) is 9.59 Å². The van der Waals surface area contributed by atoms with Gasteiger partial charge in [0.15, 0.2) is 0 Å². The van der Waals surface area contributed by atoms with Gasteiger partial charge in [0.05, 0.1) is 10.6 Å². The number of piperidine rings is 2. The van der Waals surface area contributed by atoms with Crippen molar-refractivity contribution in [1.29, 1.82) is 5.26 Å². The fourth-order valence-electron chi connectivity index (χ4n) is 7.36. The molecule has 7 heteroatoms. The standard InChI is InChI=1S/C31H35ClN4O2/c1-22-17-31(21-36(22)26-7-4-24(20-33)28(32)16-26)10-12-34(13-11-31)25-5-2-23(3-6-25)29(38)35-14-8-30(9-15-35)18-27(37)19-30/h2-7,16,22H,8-15,17-19,21H2,1H3/t22-/m0/s1. The Morgan fingerprint density at radius 2 is 1.58 bits per heavy atom. The quantitative estimate of drug-likeness (QED) is 0.510. The monoisotopic (exact) mass is 530 g/mol. The maximum absolute atomic E-state index is 13.1. The Bertz CT molecular complexity index is 1270. The van der Waals surface area contributed by atoms with Crippen molar-refractivity contribution in [3.8, 4) is 6.07 Å². The summed E-state index contributed by atoms with van der Waals surface area (Å²) in [5.74, 6) is 0.484. The molecule has 2 aromatic carbocycles. The molecule has 1 aliphatic carbocycles. The van der Waals surface area contributed by atoms with Gasteiger partial charge in [0.2, 0.25) is 0 Å². The van der Waals surface area contributed by atoms with Crippen molar-refractivity contribution in [1.82, 2.24) is 4.90 Å². The van der Waals surface area contributed by atoms with Crippen molar-refractivity contribution in [2.75, 3.05) is 42.5 Å². The van der Waals surface area contributed by atoms with Crippen LogP contribution in [0.5, 0.6) is 0 Å². The summed E-state index contributed by atoms with van der Waals surface area (Å²) in [6.07, 6.45) is 6.76. The number of likely N-dealkylation sites (tertiary alicyclic amines) is 1. The van der Waals surface area contributed by atoms with Crippen LogP contribution in [0.25, 0.3) is 0 Å². The Morgan fingerprint density at radius 3 is 2.18 bits per heavy atom. The van der Waals surface area contributed by atoms with Crippen LogP contribution in [0.1, 0.15) is 67.8 Å². The van der Waals surface area contributed by atoms with Crippen molar-refractivity contribution in [3.05, 3.63) is 58.6 Å². The molecule has 0 aromatic heterocycles. The summed E-state index contributed by atoms with van der Waals surface area (Å²) >= 11 is 6.33. The van der Waals surface area contributed by atoms with E-state index in [1.807, 2.05) is 35.2 Å². The third-order valence-electron chi connectivity index (χ3n) is 9.73. The summed E-state index contributed by atoms with van der Waals surface area (Å²) in [7, 11) is 0. The molecule has 0 N–H and O–H groups in total. The summed E-state index contributed by atoms with van der Waals surface area (Å²) in [6.45, 7) is 6.84. The molecule has 3 saturated heterocycles. The second kappa shape index (κ2) is 9.61. The minimum absolute atomic E-state index is 0.109. The molecule has 1 atom stereocenters. The van der Waals surface area contributed by atoms with Gasteiger partial charge in [0, 0.05) is 68.5 Å². The van der Waals surface area contributed by atoms with Crippen LogP contribution in [0.15, 0.2) is 42.5 Å². The minimum atomic E-state index is 0.109. The molecule has 0 bridgehead atoms. The van der Waals surface area contributed by atoms with Gasteiger partial charge in [-0.15, -0.1) is 0 Å². The zero-order chi connectivity index (χ0) is 26.5. The molecule has 6 nitrogen and oxygen atoms in total. The van der Waals surface area contributed by atoms with Gasteiger partial charge in [-0.1, -0.05) is 11.6 Å². The summed E-state index contributed by atoms with van der Waals surface area (Å²) in [4.78, 5) is 31.4. The van der Waals surface area contributed by atoms with Crippen LogP contribution in [0, 0.1) is 22.2 Å². The van der Waals surface area contributed by atoms with Crippen LogP contribution in [-0.4, -0.2) is 55.4 Å². The van der Waals surface area contributed by atoms with E-state index in [1.165, 1.54) is 5.69 Å². The van der Waals surface area contributed by atoms with Gasteiger partial charge in [0.25, 0.3) is 5.91 Å². The van der Waals surface area contributed by atoms with E-state index >= 15 is 0 Å². The van der Waals surface area contributed by atoms with Crippen molar-refractivity contribution >= 4 is 34.7 Å². The molecule has 198 valence electrons. The molecule has 38 heavy (non-hydrogen) atoms. The third kappa shape index (κ3) is 4.56. The molecule has 3 aliphatic heterocycles. The predicted octanol–water partition coefficient (Wildman–Crippen LogP) is 5.68. The number of carbonyl (C=O) groups excluding carboxylic acids is 2. The Hall–Kier alpha value is -3.04. The summed E-state index contributed by atoms with van der Waals surface area (Å²) in [5.41, 5.74) is 4.04. The Morgan fingerprint density at radius 1 is 0.947 bits per heavy atom. The topological polar surface area (TPSA) is 67.7 Å². The third-order valence-corrected chi connectivity index (χ3v) is 10.0. The SMILES string of the molecule is C[C@H]1CC2(CCN(c3ccc(C(=O)N4CCC5(CC4)CC(=O)C5)cc3)CC2)CN1c1ccc(C#N)c(Cl)c1. The highest BCUT2D eigenvalue weighted by Gasteiger charge is 2.46. The fourth-order valence-corrected chi connectivity index (χ4v) is 7.58. The maximum Gasteiger partial charge on any atom is 0.253 e. The number of nitrogens with zero attached hydrogens (tertiary/aromatic N) is 4.